The molecule has 2 atom stereocenters. The normalized spacial score (nSPS) is 38.6. The van der Waals surface area contributed by atoms with Gasteiger partial charge in [0, 0.05) is 18.6 Å². The van der Waals surface area contributed by atoms with Crippen molar-refractivity contribution >= 4 is 11.9 Å². The summed E-state index contributed by atoms with van der Waals surface area (Å²) in [6.07, 6.45) is 4.35. The SMILES string of the molecule is CC(C)CN1C(=O)N=C(N)C12CC1CCC(C2)N1C. The molecule has 0 aromatic heterocycles. The van der Waals surface area contributed by atoms with Crippen LogP contribution in [-0.4, -0.2) is 52.9 Å². The maximum atomic E-state index is 12.2. The van der Waals surface area contributed by atoms with Crippen LogP contribution in [0.15, 0.2) is 4.99 Å². The van der Waals surface area contributed by atoms with Crippen molar-refractivity contribution < 1.29 is 4.79 Å². The third kappa shape index (κ3) is 1.78. The fraction of sp³-hybridized carbons (Fsp3) is 0.857. The predicted molar refractivity (Wildman–Crippen MR) is 75.1 cm³/mol. The molecule has 0 saturated carbocycles. The molecule has 2 unspecified atom stereocenters. The lowest BCUT2D eigenvalue weighted by atomic mass is 9.81. The van der Waals surface area contributed by atoms with Crippen molar-refractivity contribution in [2.45, 2.75) is 57.2 Å². The first-order valence-corrected chi connectivity index (χ1v) is 7.32. The monoisotopic (exact) mass is 264 g/mol. The van der Waals surface area contributed by atoms with Crippen LogP contribution in [0.25, 0.3) is 0 Å². The van der Waals surface area contributed by atoms with E-state index < -0.39 is 0 Å². The third-order valence-electron chi connectivity index (χ3n) is 5.12. The molecule has 2 N–H and O–H groups in total. The van der Waals surface area contributed by atoms with Crippen molar-refractivity contribution in [2.24, 2.45) is 16.6 Å². The van der Waals surface area contributed by atoms with Crippen molar-refractivity contribution in [2.75, 3.05) is 13.6 Å². The van der Waals surface area contributed by atoms with Gasteiger partial charge in [0.1, 0.15) is 11.4 Å². The number of urea groups is 1. The Balaban J connectivity index is 1.92. The summed E-state index contributed by atoms with van der Waals surface area (Å²) < 4.78 is 0. The lowest BCUT2D eigenvalue weighted by Gasteiger charge is -2.47. The molecular weight excluding hydrogens is 240 g/mol. The summed E-state index contributed by atoms with van der Waals surface area (Å²) in [7, 11) is 2.20. The zero-order chi connectivity index (χ0) is 13.8. The minimum absolute atomic E-state index is 0.129. The lowest BCUT2D eigenvalue weighted by Crippen LogP contribution is -2.62. The van der Waals surface area contributed by atoms with E-state index in [1.165, 1.54) is 12.8 Å². The summed E-state index contributed by atoms with van der Waals surface area (Å²) in [5, 5.41) is 0. The van der Waals surface area contributed by atoms with Gasteiger partial charge in [-0.3, -0.25) is 0 Å². The van der Waals surface area contributed by atoms with Crippen LogP contribution in [0.1, 0.15) is 39.5 Å². The largest absolute Gasteiger partial charge is 0.385 e. The second kappa shape index (κ2) is 4.20. The number of carbonyl (C=O) groups excluding carboxylic acids is 1. The number of nitrogens with zero attached hydrogens (tertiary/aromatic N) is 3. The number of amidine groups is 1. The van der Waals surface area contributed by atoms with Crippen molar-refractivity contribution in [3.05, 3.63) is 0 Å². The van der Waals surface area contributed by atoms with E-state index in [9.17, 15) is 4.79 Å². The molecular formula is C14H24N4O. The lowest BCUT2D eigenvalue weighted by molar-refractivity contribution is 0.0631. The van der Waals surface area contributed by atoms with Crippen molar-refractivity contribution in [3.8, 4) is 0 Å². The second-order valence-corrected chi connectivity index (χ2v) is 6.77. The van der Waals surface area contributed by atoms with E-state index in [0.29, 0.717) is 23.8 Å². The highest BCUT2D eigenvalue weighted by Crippen LogP contribution is 2.45. The average Bonchev–Trinajstić information content (AvgIpc) is 2.69. The van der Waals surface area contributed by atoms with Gasteiger partial charge in [-0.15, -0.1) is 0 Å². The van der Waals surface area contributed by atoms with Crippen LogP contribution in [0.2, 0.25) is 0 Å². The molecule has 2 saturated heterocycles. The van der Waals surface area contributed by atoms with Crippen LogP contribution >= 0.6 is 0 Å². The topological polar surface area (TPSA) is 61.9 Å². The van der Waals surface area contributed by atoms with Gasteiger partial charge in [0.2, 0.25) is 0 Å². The van der Waals surface area contributed by atoms with E-state index in [1.807, 2.05) is 4.90 Å². The first-order valence-electron chi connectivity index (χ1n) is 7.32. The Labute approximate surface area is 114 Å². The molecule has 5 nitrogen and oxygen atoms in total. The van der Waals surface area contributed by atoms with Gasteiger partial charge in [-0.2, -0.15) is 4.99 Å². The van der Waals surface area contributed by atoms with Gasteiger partial charge in [0.25, 0.3) is 0 Å². The van der Waals surface area contributed by atoms with Gasteiger partial charge in [-0.05, 0) is 38.6 Å². The molecule has 0 aliphatic carbocycles. The van der Waals surface area contributed by atoms with Crippen LogP contribution < -0.4 is 5.73 Å². The van der Waals surface area contributed by atoms with Crippen LogP contribution in [0.3, 0.4) is 0 Å². The molecule has 5 heteroatoms. The third-order valence-corrected chi connectivity index (χ3v) is 5.12. The van der Waals surface area contributed by atoms with Crippen LogP contribution in [-0.2, 0) is 0 Å². The van der Waals surface area contributed by atoms with Gasteiger partial charge < -0.3 is 15.5 Å². The standard InChI is InChI=1S/C14H24N4O/c1-9(2)8-18-13(19)16-12(15)14(18)6-10-4-5-11(7-14)17(10)3/h9-11H,4-8H2,1-3H3,(H2,15,16,19). The minimum Gasteiger partial charge on any atom is -0.385 e. The van der Waals surface area contributed by atoms with Crippen LogP contribution in [0, 0.1) is 5.92 Å². The molecule has 1 spiro atoms. The first-order chi connectivity index (χ1) is 8.94. The maximum absolute atomic E-state index is 12.2. The van der Waals surface area contributed by atoms with E-state index in [-0.39, 0.29) is 11.6 Å². The molecule has 3 rings (SSSR count). The quantitative estimate of drug-likeness (QED) is 0.820. The van der Waals surface area contributed by atoms with Crippen LogP contribution in [0.5, 0.6) is 0 Å². The Hall–Kier alpha value is -1.10. The van der Waals surface area contributed by atoms with E-state index in [2.05, 4.69) is 30.8 Å². The summed E-state index contributed by atoms with van der Waals surface area (Å²) in [4.78, 5) is 20.7. The summed E-state index contributed by atoms with van der Waals surface area (Å²) >= 11 is 0. The molecule has 0 aromatic carbocycles. The number of rotatable bonds is 2. The second-order valence-electron chi connectivity index (χ2n) is 6.77. The van der Waals surface area contributed by atoms with Crippen molar-refractivity contribution in [1.29, 1.82) is 0 Å². The molecule has 3 aliphatic rings. The summed E-state index contributed by atoms with van der Waals surface area (Å²) in [6, 6.07) is 0.969. The highest BCUT2D eigenvalue weighted by molar-refractivity contribution is 6.06. The Morgan fingerprint density at radius 1 is 1.37 bits per heavy atom. The number of hydrogen-bond donors (Lipinski definition) is 1. The number of hydrogen-bond acceptors (Lipinski definition) is 3. The smallest absolute Gasteiger partial charge is 0.346 e. The van der Waals surface area contributed by atoms with Gasteiger partial charge in [-0.1, -0.05) is 13.8 Å². The number of piperidine rings is 1. The molecule has 0 radical (unpaired) electrons. The highest BCUT2D eigenvalue weighted by atomic mass is 16.2. The molecule has 2 bridgehead atoms. The molecule has 19 heavy (non-hydrogen) atoms. The van der Waals surface area contributed by atoms with Gasteiger partial charge >= 0.3 is 6.03 Å². The van der Waals surface area contributed by atoms with Crippen molar-refractivity contribution in [3.63, 3.8) is 0 Å². The summed E-state index contributed by atoms with van der Waals surface area (Å²) in [6.45, 7) is 5.03. The predicted octanol–water partition coefficient (Wildman–Crippen LogP) is 1.43. The Morgan fingerprint density at radius 3 is 2.47 bits per heavy atom. The number of nitrogens with two attached hydrogens (primary N) is 1. The fourth-order valence-electron chi connectivity index (χ4n) is 4.08. The van der Waals surface area contributed by atoms with Crippen LogP contribution in [0.4, 0.5) is 4.79 Å². The van der Waals surface area contributed by atoms with E-state index >= 15 is 0 Å². The highest BCUT2D eigenvalue weighted by Gasteiger charge is 2.56. The number of carbonyl (C=O) groups is 1. The van der Waals surface area contributed by atoms with Gasteiger partial charge in [0.15, 0.2) is 0 Å². The van der Waals surface area contributed by atoms with E-state index in [4.69, 9.17) is 5.73 Å². The zero-order valence-corrected chi connectivity index (χ0v) is 12.1. The number of amides is 2. The molecule has 2 amide bonds. The van der Waals surface area contributed by atoms with E-state index in [0.717, 1.165) is 19.4 Å². The Bertz CT molecular complexity index is 417. The van der Waals surface area contributed by atoms with Gasteiger partial charge in [-0.25, -0.2) is 4.79 Å². The number of fused-ring (bicyclic) bond motifs is 2. The average molecular weight is 264 g/mol. The molecule has 3 heterocycles. The Morgan fingerprint density at radius 2 is 1.95 bits per heavy atom. The fourth-order valence-corrected chi connectivity index (χ4v) is 4.08. The molecule has 3 aliphatic heterocycles. The minimum atomic E-state index is -0.292. The Kier molecular flexibility index (Phi) is 2.85. The van der Waals surface area contributed by atoms with Crippen molar-refractivity contribution in [1.82, 2.24) is 9.80 Å². The molecule has 2 fully saturated rings. The zero-order valence-electron chi connectivity index (χ0n) is 12.1. The summed E-state index contributed by atoms with van der Waals surface area (Å²) in [5.74, 6) is 1.00. The van der Waals surface area contributed by atoms with Gasteiger partial charge in [0.05, 0.1) is 0 Å². The number of aliphatic imine (C=N–C) groups is 1. The summed E-state index contributed by atoms with van der Waals surface area (Å²) in [5.41, 5.74) is 5.88. The molecule has 0 aromatic rings. The van der Waals surface area contributed by atoms with E-state index in [1.54, 1.807) is 0 Å². The first kappa shape index (κ1) is 12.9. The molecule has 106 valence electrons. The maximum Gasteiger partial charge on any atom is 0.346 e.